The lowest BCUT2D eigenvalue weighted by atomic mass is 9.85. The Labute approximate surface area is 209 Å². The Balaban J connectivity index is 1.52. The van der Waals surface area contributed by atoms with Crippen LogP contribution in [0.15, 0.2) is 42.7 Å². The summed E-state index contributed by atoms with van der Waals surface area (Å²) in [6, 6.07) is 6.32. The molecule has 1 atom stereocenters. The number of likely N-dealkylation sites (tertiary alicyclic amines) is 1. The second-order valence-electron chi connectivity index (χ2n) is 9.72. The van der Waals surface area contributed by atoms with Crippen LogP contribution in [0.1, 0.15) is 42.6 Å². The highest BCUT2D eigenvalue weighted by Crippen LogP contribution is 2.40. The quantitative estimate of drug-likeness (QED) is 0.643. The van der Waals surface area contributed by atoms with Crippen LogP contribution in [0, 0.1) is 18.7 Å². The van der Waals surface area contributed by atoms with Crippen LogP contribution in [0.25, 0.3) is 0 Å². The standard InChI is InChI=1S/C26H30FN5O4/c1-16(2)21(29-22(33)19-15-17(3)5-6-20(19)27)23(34)31-13-9-26(10-14-31)24(35)30(4)25(36)32(26)18-7-11-28-12-8-18/h5-8,11-12,15-16,21H,9-10,13-14H2,1-4H3,(H,29,33)/t21-/m1/s1. The zero-order valence-electron chi connectivity index (χ0n) is 20.8. The molecule has 190 valence electrons. The van der Waals surface area contributed by atoms with Crippen LogP contribution in [0.5, 0.6) is 0 Å². The first-order valence-electron chi connectivity index (χ1n) is 11.9. The monoisotopic (exact) mass is 495 g/mol. The second-order valence-corrected chi connectivity index (χ2v) is 9.72. The van der Waals surface area contributed by atoms with E-state index in [0.717, 1.165) is 10.5 Å². The third-order valence-electron chi connectivity index (χ3n) is 7.02. The molecule has 1 aromatic carbocycles. The Hall–Kier alpha value is -3.82. The molecule has 1 N–H and O–H groups in total. The number of amides is 5. The average Bonchev–Trinajstić information content (AvgIpc) is 3.04. The van der Waals surface area contributed by atoms with Crippen molar-refractivity contribution in [2.24, 2.45) is 5.92 Å². The molecule has 2 aliphatic heterocycles. The molecule has 10 heteroatoms. The molecule has 5 amide bonds. The fourth-order valence-electron chi connectivity index (χ4n) is 4.96. The molecular weight excluding hydrogens is 465 g/mol. The minimum absolute atomic E-state index is 0.114. The Morgan fingerprint density at radius 1 is 1.08 bits per heavy atom. The molecule has 1 aromatic heterocycles. The molecule has 0 radical (unpaired) electrons. The highest BCUT2D eigenvalue weighted by atomic mass is 19.1. The molecule has 1 spiro atoms. The molecule has 3 heterocycles. The van der Waals surface area contributed by atoms with E-state index < -0.39 is 29.3 Å². The summed E-state index contributed by atoms with van der Waals surface area (Å²) in [5, 5.41) is 2.70. The molecule has 0 aliphatic carbocycles. The number of hydrogen-bond acceptors (Lipinski definition) is 5. The van der Waals surface area contributed by atoms with E-state index in [2.05, 4.69) is 10.3 Å². The van der Waals surface area contributed by atoms with Gasteiger partial charge in [0.05, 0.1) is 5.56 Å². The topological polar surface area (TPSA) is 103 Å². The Morgan fingerprint density at radius 3 is 2.33 bits per heavy atom. The smallest absolute Gasteiger partial charge is 0.331 e. The first-order chi connectivity index (χ1) is 17.1. The van der Waals surface area contributed by atoms with Crippen molar-refractivity contribution in [3.63, 3.8) is 0 Å². The Kier molecular flexibility index (Phi) is 6.79. The second kappa shape index (κ2) is 9.67. The normalized spacial score (nSPS) is 18.2. The van der Waals surface area contributed by atoms with Gasteiger partial charge in [-0.2, -0.15) is 0 Å². The summed E-state index contributed by atoms with van der Waals surface area (Å²) in [7, 11) is 1.46. The number of hydrogen-bond donors (Lipinski definition) is 1. The molecule has 2 fully saturated rings. The van der Waals surface area contributed by atoms with Gasteiger partial charge in [-0.1, -0.05) is 25.5 Å². The van der Waals surface area contributed by atoms with E-state index in [4.69, 9.17) is 0 Å². The van der Waals surface area contributed by atoms with Crippen molar-refractivity contribution in [1.29, 1.82) is 0 Å². The van der Waals surface area contributed by atoms with Crippen LogP contribution in [-0.4, -0.2) is 70.3 Å². The molecule has 2 saturated heterocycles. The molecule has 0 bridgehead atoms. The number of imide groups is 1. The van der Waals surface area contributed by atoms with Gasteiger partial charge in [0.15, 0.2) is 0 Å². The largest absolute Gasteiger partial charge is 0.341 e. The highest BCUT2D eigenvalue weighted by molar-refractivity contribution is 6.16. The number of aryl methyl sites for hydroxylation is 1. The van der Waals surface area contributed by atoms with Gasteiger partial charge < -0.3 is 10.2 Å². The first-order valence-corrected chi connectivity index (χ1v) is 11.9. The number of nitrogens with zero attached hydrogens (tertiary/aromatic N) is 4. The van der Waals surface area contributed by atoms with Gasteiger partial charge in [-0.3, -0.25) is 29.2 Å². The van der Waals surface area contributed by atoms with Crippen LogP contribution in [0.3, 0.4) is 0 Å². The molecule has 36 heavy (non-hydrogen) atoms. The number of anilines is 1. The maximum Gasteiger partial charge on any atom is 0.331 e. The highest BCUT2D eigenvalue weighted by Gasteiger charge is 2.58. The number of carbonyl (C=O) groups is 4. The summed E-state index contributed by atoms with van der Waals surface area (Å²) in [5.74, 6) is -2.17. The van der Waals surface area contributed by atoms with Crippen molar-refractivity contribution in [1.82, 2.24) is 20.1 Å². The van der Waals surface area contributed by atoms with Crippen molar-refractivity contribution in [3.8, 4) is 0 Å². The summed E-state index contributed by atoms with van der Waals surface area (Å²) in [6.45, 7) is 5.82. The predicted octanol–water partition coefficient (Wildman–Crippen LogP) is 2.74. The van der Waals surface area contributed by atoms with E-state index in [1.54, 1.807) is 56.3 Å². The molecule has 0 unspecified atom stereocenters. The third-order valence-corrected chi connectivity index (χ3v) is 7.02. The summed E-state index contributed by atoms with van der Waals surface area (Å²) < 4.78 is 14.2. The lowest BCUT2D eigenvalue weighted by Crippen LogP contribution is -2.60. The molecular formula is C26H30FN5O4. The number of piperidine rings is 1. The maximum atomic E-state index is 14.2. The van der Waals surface area contributed by atoms with Gasteiger partial charge in [0.2, 0.25) is 5.91 Å². The van der Waals surface area contributed by atoms with E-state index in [-0.39, 0.29) is 49.2 Å². The predicted molar refractivity (Wildman–Crippen MR) is 131 cm³/mol. The third kappa shape index (κ3) is 4.31. The number of halogens is 1. The summed E-state index contributed by atoms with van der Waals surface area (Å²) in [6.07, 6.45) is 3.62. The fourth-order valence-corrected chi connectivity index (χ4v) is 4.96. The van der Waals surface area contributed by atoms with Gasteiger partial charge in [-0.15, -0.1) is 0 Å². The Bertz CT molecular complexity index is 1190. The number of urea groups is 1. The molecule has 0 saturated carbocycles. The van der Waals surface area contributed by atoms with Crippen molar-refractivity contribution in [2.75, 3.05) is 25.0 Å². The van der Waals surface area contributed by atoms with Crippen LogP contribution in [-0.2, 0) is 9.59 Å². The maximum absolute atomic E-state index is 14.2. The van der Waals surface area contributed by atoms with E-state index >= 15 is 0 Å². The van der Waals surface area contributed by atoms with E-state index in [0.29, 0.717) is 5.69 Å². The first kappa shape index (κ1) is 25.3. The van der Waals surface area contributed by atoms with E-state index in [9.17, 15) is 23.6 Å². The number of benzene rings is 1. The van der Waals surface area contributed by atoms with Crippen molar-refractivity contribution >= 4 is 29.4 Å². The minimum atomic E-state index is -1.09. The van der Waals surface area contributed by atoms with E-state index in [1.807, 2.05) is 0 Å². The van der Waals surface area contributed by atoms with Gasteiger partial charge in [-0.25, -0.2) is 9.18 Å². The molecule has 9 nitrogen and oxygen atoms in total. The molecule has 2 aromatic rings. The minimum Gasteiger partial charge on any atom is -0.341 e. The SMILES string of the molecule is Cc1ccc(F)c(C(=O)N[C@@H](C(=O)N2CCC3(CC2)C(=O)N(C)C(=O)N3c2ccncc2)C(C)C)c1. The summed E-state index contributed by atoms with van der Waals surface area (Å²) in [5.41, 5.74) is 0.0949. The zero-order valence-corrected chi connectivity index (χ0v) is 20.8. The lowest BCUT2D eigenvalue weighted by Gasteiger charge is -2.43. The zero-order chi connectivity index (χ0) is 26.2. The fraction of sp³-hybridized carbons (Fsp3) is 0.423. The lowest BCUT2D eigenvalue weighted by molar-refractivity contribution is -0.139. The van der Waals surface area contributed by atoms with Gasteiger partial charge in [0.1, 0.15) is 17.4 Å². The van der Waals surface area contributed by atoms with Crippen molar-refractivity contribution in [3.05, 3.63) is 59.7 Å². The van der Waals surface area contributed by atoms with Gasteiger partial charge in [-0.05, 0) is 49.9 Å². The van der Waals surface area contributed by atoms with Crippen LogP contribution >= 0.6 is 0 Å². The van der Waals surface area contributed by atoms with Gasteiger partial charge in [0, 0.05) is 38.2 Å². The molecule has 2 aliphatic rings. The van der Waals surface area contributed by atoms with Crippen molar-refractivity contribution < 1.29 is 23.6 Å². The number of likely N-dealkylation sites (N-methyl/N-ethyl adjacent to an activating group) is 1. The number of rotatable bonds is 5. The van der Waals surface area contributed by atoms with Crippen molar-refractivity contribution in [2.45, 2.75) is 45.2 Å². The summed E-state index contributed by atoms with van der Waals surface area (Å²) in [4.78, 5) is 60.7. The van der Waals surface area contributed by atoms with Gasteiger partial charge in [0.25, 0.3) is 11.8 Å². The molecule has 4 rings (SSSR count). The Morgan fingerprint density at radius 2 is 1.72 bits per heavy atom. The number of nitrogens with one attached hydrogen (secondary N) is 1. The number of carbonyl (C=O) groups excluding carboxylic acids is 4. The van der Waals surface area contributed by atoms with Crippen LogP contribution in [0.4, 0.5) is 14.9 Å². The summed E-state index contributed by atoms with van der Waals surface area (Å²) >= 11 is 0. The van der Waals surface area contributed by atoms with Gasteiger partial charge >= 0.3 is 6.03 Å². The van der Waals surface area contributed by atoms with E-state index in [1.165, 1.54) is 24.1 Å². The number of pyridine rings is 1. The number of aromatic nitrogens is 1. The van der Waals surface area contributed by atoms with Crippen LogP contribution < -0.4 is 10.2 Å². The van der Waals surface area contributed by atoms with Crippen LogP contribution in [0.2, 0.25) is 0 Å². The average molecular weight is 496 g/mol.